The predicted octanol–water partition coefficient (Wildman–Crippen LogP) is 3.17. The normalized spacial score (nSPS) is 14.8. The summed E-state index contributed by atoms with van der Waals surface area (Å²) in [5.74, 6) is 0.956. The maximum absolute atomic E-state index is 12.6. The van der Waals surface area contributed by atoms with Crippen LogP contribution in [0.1, 0.15) is 5.56 Å². The first-order valence-electron chi connectivity index (χ1n) is 6.93. The number of sulfonamides is 1. The number of anilines is 1. The molecule has 0 atom stereocenters. The van der Waals surface area contributed by atoms with Gasteiger partial charge >= 0.3 is 0 Å². The molecule has 0 radical (unpaired) electrons. The molecule has 0 unspecified atom stereocenters. The summed E-state index contributed by atoms with van der Waals surface area (Å²) in [6, 6.07) is 17.5. The Bertz CT molecular complexity index is 714. The summed E-state index contributed by atoms with van der Waals surface area (Å²) in [5, 5.41) is 0. The van der Waals surface area contributed by atoms with Crippen LogP contribution >= 0.6 is 11.8 Å². The molecule has 0 saturated carbocycles. The van der Waals surface area contributed by atoms with Crippen LogP contribution in [0, 0.1) is 0 Å². The third-order valence-electron chi connectivity index (χ3n) is 3.51. The third kappa shape index (κ3) is 3.24. The molecule has 0 fully saturated rings. The second kappa shape index (κ2) is 6.12. The molecule has 0 amide bonds. The number of fused-ring (bicyclic) bond motifs is 1. The number of aryl methyl sites for hydroxylation is 1. The van der Waals surface area contributed by atoms with Gasteiger partial charge in [-0.05, 0) is 24.1 Å². The van der Waals surface area contributed by atoms with Gasteiger partial charge in [-0.3, -0.25) is 4.31 Å². The van der Waals surface area contributed by atoms with Gasteiger partial charge in [0.2, 0.25) is 10.0 Å². The first-order chi connectivity index (χ1) is 10.2. The highest BCUT2D eigenvalue weighted by atomic mass is 32.2. The average molecular weight is 319 g/mol. The van der Waals surface area contributed by atoms with Gasteiger partial charge in [-0.1, -0.05) is 42.5 Å². The van der Waals surface area contributed by atoms with Gasteiger partial charge < -0.3 is 0 Å². The van der Waals surface area contributed by atoms with Crippen LogP contribution in [0.4, 0.5) is 5.69 Å². The molecule has 3 nitrogen and oxygen atoms in total. The van der Waals surface area contributed by atoms with Crippen LogP contribution in [0.3, 0.4) is 0 Å². The molecule has 0 aliphatic carbocycles. The molecule has 0 N–H and O–H groups in total. The molecular weight excluding hydrogens is 302 g/mol. The Labute approximate surface area is 130 Å². The number of hydrogen-bond acceptors (Lipinski definition) is 3. The van der Waals surface area contributed by atoms with Crippen molar-refractivity contribution in [3.05, 3.63) is 60.2 Å². The van der Waals surface area contributed by atoms with Crippen LogP contribution in [0.25, 0.3) is 0 Å². The topological polar surface area (TPSA) is 37.4 Å². The highest BCUT2D eigenvalue weighted by Crippen LogP contribution is 2.35. The van der Waals surface area contributed by atoms with Crippen LogP contribution in [0.5, 0.6) is 0 Å². The van der Waals surface area contributed by atoms with Gasteiger partial charge in [0, 0.05) is 17.2 Å². The van der Waals surface area contributed by atoms with E-state index in [2.05, 4.69) is 0 Å². The quantitative estimate of drug-likeness (QED) is 0.868. The molecule has 1 heterocycles. The molecule has 0 bridgehead atoms. The fourth-order valence-electron chi connectivity index (χ4n) is 2.43. The standard InChI is InChI=1S/C16H17NO2S2/c18-21(19,13-10-14-6-2-1-3-7-14)17-11-12-20-16-9-5-4-8-15(16)17/h1-9H,10-13H2. The van der Waals surface area contributed by atoms with Gasteiger partial charge in [-0.25, -0.2) is 8.42 Å². The fourth-order valence-corrected chi connectivity index (χ4v) is 5.15. The van der Waals surface area contributed by atoms with Crippen LogP contribution < -0.4 is 4.31 Å². The first kappa shape index (κ1) is 14.5. The molecule has 1 aliphatic rings. The second-order valence-electron chi connectivity index (χ2n) is 4.94. The van der Waals surface area contributed by atoms with E-state index in [1.165, 1.54) is 0 Å². The number of thioether (sulfide) groups is 1. The molecule has 0 saturated heterocycles. The van der Waals surface area contributed by atoms with E-state index in [0.717, 1.165) is 21.9 Å². The lowest BCUT2D eigenvalue weighted by Crippen LogP contribution is -2.37. The number of benzene rings is 2. The maximum Gasteiger partial charge on any atom is 0.235 e. The van der Waals surface area contributed by atoms with E-state index in [4.69, 9.17) is 0 Å². The largest absolute Gasteiger partial charge is 0.268 e. The van der Waals surface area contributed by atoms with Crippen molar-refractivity contribution < 1.29 is 8.42 Å². The summed E-state index contributed by atoms with van der Waals surface area (Å²) in [4.78, 5) is 1.05. The molecule has 0 spiro atoms. The van der Waals surface area contributed by atoms with E-state index < -0.39 is 10.0 Å². The van der Waals surface area contributed by atoms with Crippen molar-refractivity contribution in [1.29, 1.82) is 0 Å². The first-order valence-corrected chi connectivity index (χ1v) is 9.52. The Morgan fingerprint density at radius 2 is 1.71 bits per heavy atom. The molecular formula is C16H17NO2S2. The van der Waals surface area contributed by atoms with E-state index in [1.807, 2.05) is 54.6 Å². The number of rotatable bonds is 4. The van der Waals surface area contributed by atoms with Crippen molar-refractivity contribution in [3.63, 3.8) is 0 Å². The summed E-state index contributed by atoms with van der Waals surface area (Å²) in [6.45, 7) is 0.554. The summed E-state index contributed by atoms with van der Waals surface area (Å²) >= 11 is 1.72. The average Bonchev–Trinajstić information content (AvgIpc) is 2.53. The minimum atomic E-state index is -3.27. The number of nitrogens with zero attached hydrogens (tertiary/aromatic N) is 1. The summed E-state index contributed by atoms with van der Waals surface area (Å²) in [7, 11) is -3.27. The van der Waals surface area contributed by atoms with Crippen molar-refractivity contribution >= 4 is 27.5 Å². The monoisotopic (exact) mass is 319 g/mol. The summed E-state index contributed by atoms with van der Waals surface area (Å²) in [6.07, 6.45) is 0.551. The van der Waals surface area contributed by atoms with Crippen molar-refractivity contribution in [2.75, 3.05) is 22.4 Å². The number of hydrogen-bond donors (Lipinski definition) is 0. The third-order valence-corrected chi connectivity index (χ3v) is 6.33. The molecule has 2 aromatic rings. The molecule has 1 aliphatic heterocycles. The van der Waals surface area contributed by atoms with Gasteiger partial charge in [-0.15, -0.1) is 11.8 Å². The van der Waals surface area contributed by atoms with E-state index in [1.54, 1.807) is 16.1 Å². The molecule has 2 aromatic carbocycles. The predicted molar refractivity (Wildman–Crippen MR) is 88.4 cm³/mol. The highest BCUT2D eigenvalue weighted by molar-refractivity contribution is 8.00. The van der Waals surface area contributed by atoms with E-state index >= 15 is 0 Å². The van der Waals surface area contributed by atoms with Crippen molar-refractivity contribution in [2.45, 2.75) is 11.3 Å². The summed E-state index contributed by atoms with van der Waals surface area (Å²) in [5.41, 5.74) is 1.88. The van der Waals surface area contributed by atoms with Gasteiger partial charge in [0.1, 0.15) is 0 Å². The van der Waals surface area contributed by atoms with Crippen LogP contribution in [-0.4, -0.2) is 26.5 Å². The summed E-state index contributed by atoms with van der Waals surface area (Å²) < 4.78 is 26.8. The smallest absolute Gasteiger partial charge is 0.235 e. The van der Waals surface area contributed by atoms with Crippen LogP contribution in [0.15, 0.2) is 59.5 Å². The lowest BCUT2D eigenvalue weighted by molar-refractivity contribution is 0.590. The lowest BCUT2D eigenvalue weighted by Gasteiger charge is -2.30. The Hall–Kier alpha value is -1.46. The van der Waals surface area contributed by atoms with Crippen LogP contribution in [0.2, 0.25) is 0 Å². The second-order valence-corrected chi connectivity index (χ2v) is 8.09. The molecule has 0 aromatic heterocycles. The van der Waals surface area contributed by atoms with Crippen molar-refractivity contribution in [3.8, 4) is 0 Å². The minimum Gasteiger partial charge on any atom is -0.268 e. The van der Waals surface area contributed by atoms with E-state index in [9.17, 15) is 8.42 Å². The zero-order valence-electron chi connectivity index (χ0n) is 11.6. The molecule has 3 rings (SSSR count). The zero-order valence-corrected chi connectivity index (χ0v) is 13.2. The van der Waals surface area contributed by atoms with Crippen LogP contribution in [-0.2, 0) is 16.4 Å². The van der Waals surface area contributed by atoms with Gasteiger partial charge in [0.15, 0.2) is 0 Å². The number of para-hydroxylation sites is 1. The molecule has 5 heteroatoms. The molecule has 21 heavy (non-hydrogen) atoms. The highest BCUT2D eigenvalue weighted by Gasteiger charge is 2.27. The van der Waals surface area contributed by atoms with Crippen molar-refractivity contribution in [2.24, 2.45) is 0 Å². The van der Waals surface area contributed by atoms with Gasteiger partial charge in [0.05, 0.1) is 11.4 Å². The maximum atomic E-state index is 12.6. The minimum absolute atomic E-state index is 0.149. The van der Waals surface area contributed by atoms with Crippen molar-refractivity contribution in [1.82, 2.24) is 0 Å². The fraction of sp³-hybridized carbons (Fsp3) is 0.250. The Morgan fingerprint density at radius 3 is 2.52 bits per heavy atom. The van der Waals surface area contributed by atoms with Gasteiger partial charge in [0.25, 0.3) is 0 Å². The molecule has 110 valence electrons. The zero-order chi connectivity index (χ0) is 14.7. The Morgan fingerprint density at radius 1 is 1.00 bits per heavy atom. The van der Waals surface area contributed by atoms with E-state index in [0.29, 0.717) is 13.0 Å². The van der Waals surface area contributed by atoms with Gasteiger partial charge in [-0.2, -0.15) is 0 Å². The van der Waals surface area contributed by atoms with E-state index in [-0.39, 0.29) is 5.75 Å². The SMILES string of the molecule is O=S(=O)(CCc1ccccc1)N1CCSc2ccccc21. The Kier molecular flexibility index (Phi) is 4.22. The lowest BCUT2D eigenvalue weighted by atomic mass is 10.2. The Balaban J connectivity index is 1.80.